The molecule has 0 spiro atoms. The predicted octanol–water partition coefficient (Wildman–Crippen LogP) is 4.72. The average Bonchev–Trinajstić information content (AvgIpc) is 2.45. The van der Waals surface area contributed by atoms with Gasteiger partial charge in [-0.15, -0.1) is 0 Å². The first-order valence-corrected chi connectivity index (χ1v) is 8.04. The Hall–Kier alpha value is -1.16. The highest BCUT2D eigenvalue weighted by Crippen LogP contribution is 2.33. The molecule has 6 heteroatoms. The van der Waals surface area contributed by atoms with Crippen molar-refractivity contribution in [3.8, 4) is 0 Å². The first kappa shape index (κ1) is 17.2. The monoisotopic (exact) mass is 358 g/mol. The van der Waals surface area contributed by atoms with Crippen molar-refractivity contribution >= 4 is 57.2 Å². The minimum absolute atomic E-state index is 0.191. The summed E-state index contributed by atoms with van der Waals surface area (Å²) in [5, 5.41) is 7.89. The zero-order valence-electron chi connectivity index (χ0n) is 12.2. The van der Waals surface area contributed by atoms with Gasteiger partial charge in [0.2, 0.25) is 9.70 Å². The lowest BCUT2D eigenvalue weighted by Gasteiger charge is -2.28. The number of hydrogen-bond acceptors (Lipinski definition) is 2. The molecule has 0 fully saturated rings. The van der Waals surface area contributed by atoms with E-state index in [1.165, 1.54) is 0 Å². The van der Waals surface area contributed by atoms with E-state index in [9.17, 15) is 4.79 Å². The third-order valence-electron chi connectivity index (χ3n) is 3.23. The molecule has 2 aromatic rings. The second-order valence-corrected chi connectivity index (χ2v) is 7.68. The Morgan fingerprint density at radius 1 is 1.05 bits per heavy atom. The normalized spacial score (nSPS) is 13.2. The third kappa shape index (κ3) is 4.19. The van der Waals surface area contributed by atoms with Crippen molar-refractivity contribution in [3.63, 3.8) is 0 Å². The van der Waals surface area contributed by atoms with Crippen molar-refractivity contribution in [1.82, 2.24) is 5.32 Å². The number of nitrogens with one attached hydrogen (secondary N) is 2. The van der Waals surface area contributed by atoms with Crippen molar-refractivity contribution in [2.75, 3.05) is 5.32 Å². The lowest BCUT2D eigenvalue weighted by Crippen LogP contribution is -2.50. The number of alkyl halides is 3. The molecule has 0 radical (unpaired) electrons. The largest absolute Gasteiger partial charge is 0.361 e. The van der Waals surface area contributed by atoms with Gasteiger partial charge in [-0.3, -0.25) is 4.79 Å². The highest BCUT2D eigenvalue weighted by Gasteiger charge is 2.34. The summed E-state index contributed by atoms with van der Waals surface area (Å²) in [6.07, 6.45) is -0.835. The van der Waals surface area contributed by atoms with Gasteiger partial charge in [-0.1, -0.05) is 85.0 Å². The molecular weight excluding hydrogens is 343 g/mol. The molecule has 3 nitrogen and oxygen atoms in total. The molecule has 22 heavy (non-hydrogen) atoms. The summed E-state index contributed by atoms with van der Waals surface area (Å²) in [4.78, 5) is 11.9. The molecule has 2 rings (SSSR count). The molecule has 0 aromatic heterocycles. The minimum Gasteiger partial charge on any atom is -0.361 e. The van der Waals surface area contributed by atoms with E-state index in [4.69, 9.17) is 34.8 Å². The maximum atomic E-state index is 11.9. The van der Waals surface area contributed by atoms with Crippen molar-refractivity contribution in [3.05, 3.63) is 42.5 Å². The van der Waals surface area contributed by atoms with Crippen LogP contribution in [0, 0.1) is 5.92 Å². The van der Waals surface area contributed by atoms with Crippen LogP contribution in [0.1, 0.15) is 13.8 Å². The molecule has 0 unspecified atom stereocenters. The molecule has 0 saturated heterocycles. The number of amides is 1. The van der Waals surface area contributed by atoms with E-state index in [1.54, 1.807) is 13.8 Å². The van der Waals surface area contributed by atoms with Crippen LogP contribution >= 0.6 is 34.8 Å². The van der Waals surface area contributed by atoms with Gasteiger partial charge in [-0.2, -0.15) is 0 Å². The van der Waals surface area contributed by atoms with Crippen LogP contribution in [0.3, 0.4) is 0 Å². The second-order valence-electron chi connectivity index (χ2n) is 5.31. The summed E-state index contributed by atoms with van der Waals surface area (Å²) in [5.74, 6) is -0.395. The molecule has 0 aliphatic carbocycles. The lowest BCUT2D eigenvalue weighted by molar-refractivity contribution is -0.124. The number of anilines is 1. The van der Waals surface area contributed by atoms with Gasteiger partial charge < -0.3 is 10.6 Å². The van der Waals surface area contributed by atoms with Crippen molar-refractivity contribution in [2.45, 2.75) is 23.8 Å². The average molecular weight is 360 g/mol. The minimum atomic E-state index is -1.68. The van der Waals surface area contributed by atoms with Crippen LogP contribution in [-0.2, 0) is 4.79 Å². The number of halogens is 3. The Kier molecular flexibility index (Phi) is 5.43. The zero-order valence-corrected chi connectivity index (χ0v) is 14.5. The van der Waals surface area contributed by atoms with Gasteiger partial charge >= 0.3 is 0 Å². The number of benzene rings is 2. The molecule has 2 aromatic carbocycles. The molecule has 0 aliphatic rings. The van der Waals surface area contributed by atoms with Crippen LogP contribution in [0.4, 0.5) is 5.69 Å². The van der Waals surface area contributed by atoms with Crippen LogP contribution < -0.4 is 10.6 Å². The standard InChI is InChI=1S/C16H17Cl3N2O/c1-10(2)14(22)21-15(16(17,18)19)20-13-9-5-7-11-6-3-4-8-12(11)13/h3-10,15,20H,1-2H3,(H,21,22)/t15-/m0/s1. The van der Waals surface area contributed by atoms with Gasteiger partial charge in [0.1, 0.15) is 6.17 Å². The zero-order chi connectivity index (χ0) is 16.3. The summed E-state index contributed by atoms with van der Waals surface area (Å²) >= 11 is 18.0. The SMILES string of the molecule is CC(C)C(=O)N[C@H](Nc1cccc2ccccc12)C(Cl)(Cl)Cl. The Labute approximate surface area is 144 Å². The highest BCUT2D eigenvalue weighted by molar-refractivity contribution is 6.68. The van der Waals surface area contributed by atoms with E-state index in [-0.39, 0.29) is 11.8 Å². The predicted molar refractivity (Wildman–Crippen MR) is 94.6 cm³/mol. The van der Waals surface area contributed by atoms with Crippen LogP contribution in [0.2, 0.25) is 0 Å². The molecule has 1 amide bonds. The maximum absolute atomic E-state index is 11.9. The van der Waals surface area contributed by atoms with Crippen LogP contribution in [0.25, 0.3) is 10.8 Å². The van der Waals surface area contributed by atoms with Gasteiger partial charge in [0.15, 0.2) is 0 Å². The number of hydrogen-bond donors (Lipinski definition) is 2. The van der Waals surface area contributed by atoms with Gasteiger partial charge in [0, 0.05) is 17.0 Å². The summed E-state index contributed by atoms with van der Waals surface area (Å²) < 4.78 is -1.68. The van der Waals surface area contributed by atoms with E-state index >= 15 is 0 Å². The number of rotatable bonds is 4. The van der Waals surface area contributed by atoms with Gasteiger partial charge in [-0.05, 0) is 11.5 Å². The van der Waals surface area contributed by atoms with E-state index < -0.39 is 9.96 Å². The van der Waals surface area contributed by atoms with Gasteiger partial charge in [0.05, 0.1) is 0 Å². The number of fused-ring (bicyclic) bond motifs is 1. The Morgan fingerprint density at radius 3 is 2.32 bits per heavy atom. The first-order valence-electron chi connectivity index (χ1n) is 6.90. The molecule has 0 saturated carbocycles. The summed E-state index contributed by atoms with van der Waals surface area (Å²) in [5.41, 5.74) is 0.790. The molecular formula is C16H17Cl3N2O. The lowest BCUT2D eigenvalue weighted by atomic mass is 10.1. The van der Waals surface area contributed by atoms with Crippen molar-refractivity contribution in [2.24, 2.45) is 5.92 Å². The van der Waals surface area contributed by atoms with Gasteiger partial charge in [0.25, 0.3) is 0 Å². The highest BCUT2D eigenvalue weighted by atomic mass is 35.6. The second kappa shape index (κ2) is 6.95. The smallest absolute Gasteiger partial charge is 0.228 e. The van der Waals surface area contributed by atoms with Crippen molar-refractivity contribution in [1.29, 1.82) is 0 Å². The van der Waals surface area contributed by atoms with E-state index in [2.05, 4.69) is 10.6 Å². The molecule has 0 heterocycles. The Morgan fingerprint density at radius 2 is 1.68 bits per heavy atom. The molecule has 118 valence electrons. The third-order valence-corrected chi connectivity index (χ3v) is 3.88. The molecule has 1 atom stereocenters. The van der Waals surface area contributed by atoms with E-state index in [0.717, 1.165) is 16.5 Å². The number of carbonyl (C=O) groups excluding carboxylic acids is 1. The number of carbonyl (C=O) groups is 1. The van der Waals surface area contributed by atoms with E-state index in [1.807, 2.05) is 42.5 Å². The topological polar surface area (TPSA) is 41.1 Å². The summed E-state index contributed by atoms with van der Waals surface area (Å²) in [7, 11) is 0. The van der Waals surface area contributed by atoms with Crippen LogP contribution in [-0.4, -0.2) is 15.9 Å². The molecule has 0 aliphatic heterocycles. The van der Waals surface area contributed by atoms with Crippen LogP contribution in [0.5, 0.6) is 0 Å². The fourth-order valence-corrected chi connectivity index (χ4v) is 2.34. The summed E-state index contributed by atoms with van der Waals surface area (Å²) in [6, 6.07) is 13.6. The van der Waals surface area contributed by atoms with Gasteiger partial charge in [-0.25, -0.2) is 0 Å². The molecule has 2 N–H and O–H groups in total. The quantitative estimate of drug-likeness (QED) is 0.612. The summed E-state index contributed by atoms with van der Waals surface area (Å²) in [6.45, 7) is 3.56. The van der Waals surface area contributed by atoms with Crippen LogP contribution in [0.15, 0.2) is 42.5 Å². The Bertz CT molecular complexity index is 662. The van der Waals surface area contributed by atoms with E-state index in [0.29, 0.717) is 0 Å². The van der Waals surface area contributed by atoms with Crippen molar-refractivity contribution < 1.29 is 4.79 Å². The first-order chi connectivity index (χ1) is 10.3. The maximum Gasteiger partial charge on any atom is 0.228 e. The fraction of sp³-hybridized carbons (Fsp3) is 0.312. The Balaban J connectivity index is 2.31. The fourth-order valence-electron chi connectivity index (χ4n) is 2.02. The molecule has 0 bridgehead atoms.